The van der Waals surface area contributed by atoms with E-state index in [4.69, 9.17) is 0 Å². The lowest BCUT2D eigenvalue weighted by atomic mass is 10.2. The van der Waals surface area contributed by atoms with Crippen LogP contribution < -0.4 is 10.6 Å². The smallest absolute Gasteiger partial charge is 0.229 e. The third kappa shape index (κ3) is 2.97. The van der Waals surface area contributed by atoms with Crippen LogP contribution in [0.1, 0.15) is 19.4 Å². The van der Waals surface area contributed by atoms with Crippen molar-refractivity contribution in [2.75, 3.05) is 17.2 Å². The van der Waals surface area contributed by atoms with Gasteiger partial charge in [-0.3, -0.25) is 0 Å². The number of anilines is 3. The van der Waals surface area contributed by atoms with Crippen molar-refractivity contribution in [3.8, 4) is 0 Å². The Hall–Kier alpha value is -2.10. The average molecular weight is 242 g/mol. The molecule has 1 heterocycles. The highest BCUT2D eigenvalue weighted by Crippen LogP contribution is 2.17. The molecule has 4 nitrogen and oxygen atoms in total. The van der Waals surface area contributed by atoms with Crippen LogP contribution in [0.25, 0.3) is 0 Å². The van der Waals surface area contributed by atoms with Crippen LogP contribution in [0.2, 0.25) is 0 Å². The molecule has 94 valence electrons. The van der Waals surface area contributed by atoms with E-state index in [2.05, 4.69) is 34.4 Å². The van der Waals surface area contributed by atoms with Gasteiger partial charge >= 0.3 is 0 Å². The van der Waals surface area contributed by atoms with Crippen LogP contribution in [0.5, 0.6) is 0 Å². The van der Waals surface area contributed by atoms with Gasteiger partial charge in [0, 0.05) is 24.0 Å². The summed E-state index contributed by atoms with van der Waals surface area (Å²) in [5.74, 6) is 1.53. The standard InChI is InChI=1S/C14H18N4/c1-3-11-10-16-14(18-13(11)15-4-2)17-12-8-6-5-7-9-12/h5-10H,3-4H2,1-2H3,(H2,15,16,17,18). The molecule has 1 aromatic heterocycles. The van der Waals surface area contributed by atoms with E-state index < -0.39 is 0 Å². The summed E-state index contributed by atoms with van der Waals surface area (Å²) in [4.78, 5) is 8.82. The topological polar surface area (TPSA) is 49.8 Å². The molecule has 2 N–H and O–H groups in total. The van der Waals surface area contributed by atoms with Gasteiger partial charge in [0.05, 0.1) is 0 Å². The first kappa shape index (κ1) is 12.4. The number of aromatic nitrogens is 2. The summed E-state index contributed by atoms with van der Waals surface area (Å²) in [5.41, 5.74) is 2.12. The van der Waals surface area contributed by atoms with Gasteiger partial charge in [0.25, 0.3) is 0 Å². The van der Waals surface area contributed by atoms with E-state index in [-0.39, 0.29) is 0 Å². The molecule has 0 bridgehead atoms. The normalized spacial score (nSPS) is 10.1. The predicted octanol–water partition coefficient (Wildman–Crippen LogP) is 3.21. The molecule has 2 aromatic rings. The maximum Gasteiger partial charge on any atom is 0.229 e. The molecule has 0 aliphatic heterocycles. The van der Waals surface area contributed by atoms with Crippen molar-refractivity contribution in [2.24, 2.45) is 0 Å². The molecule has 0 aliphatic carbocycles. The Morgan fingerprint density at radius 1 is 1.11 bits per heavy atom. The van der Waals surface area contributed by atoms with Gasteiger partial charge in [-0.05, 0) is 25.5 Å². The number of rotatable bonds is 5. The second kappa shape index (κ2) is 6.00. The van der Waals surface area contributed by atoms with Crippen LogP contribution in [0.15, 0.2) is 36.5 Å². The second-order valence-corrected chi connectivity index (χ2v) is 3.94. The van der Waals surface area contributed by atoms with Crippen LogP contribution in [0.3, 0.4) is 0 Å². The lowest BCUT2D eigenvalue weighted by Crippen LogP contribution is -2.06. The van der Waals surface area contributed by atoms with E-state index in [9.17, 15) is 0 Å². The number of nitrogens with zero attached hydrogens (tertiary/aromatic N) is 2. The molecule has 0 amide bonds. The molecule has 0 aliphatic rings. The van der Waals surface area contributed by atoms with E-state index in [1.807, 2.05) is 36.5 Å². The Balaban J connectivity index is 2.21. The number of aryl methyl sites for hydroxylation is 1. The van der Waals surface area contributed by atoms with E-state index in [1.54, 1.807) is 0 Å². The van der Waals surface area contributed by atoms with Crippen molar-refractivity contribution in [1.29, 1.82) is 0 Å². The van der Waals surface area contributed by atoms with E-state index >= 15 is 0 Å². The molecule has 0 saturated carbocycles. The Morgan fingerprint density at radius 3 is 2.56 bits per heavy atom. The summed E-state index contributed by atoms with van der Waals surface area (Å²) in [5, 5.41) is 6.45. The quantitative estimate of drug-likeness (QED) is 0.845. The van der Waals surface area contributed by atoms with Crippen LogP contribution >= 0.6 is 0 Å². The Bertz CT molecular complexity index is 496. The summed E-state index contributed by atoms with van der Waals surface area (Å²) < 4.78 is 0. The number of benzene rings is 1. The molecule has 0 spiro atoms. The second-order valence-electron chi connectivity index (χ2n) is 3.94. The minimum absolute atomic E-state index is 0.620. The third-order valence-electron chi connectivity index (χ3n) is 2.62. The van der Waals surface area contributed by atoms with Crippen molar-refractivity contribution >= 4 is 17.5 Å². The first-order valence-electron chi connectivity index (χ1n) is 6.25. The first-order chi connectivity index (χ1) is 8.83. The fourth-order valence-electron chi connectivity index (χ4n) is 1.70. The number of nitrogens with one attached hydrogen (secondary N) is 2. The van der Waals surface area contributed by atoms with Crippen molar-refractivity contribution in [1.82, 2.24) is 9.97 Å². The van der Waals surface area contributed by atoms with Crippen LogP contribution in [-0.4, -0.2) is 16.5 Å². The van der Waals surface area contributed by atoms with Crippen LogP contribution in [-0.2, 0) is 6.42 Å². The molecule has 0 radical (unpaired) electrons. The maximum atomic E-state index is 4.50. The van der Waals surface area contributed by atoms with Gasteiger partial charge in [0.2, 0.25) is 5.95 Å². The summed E-state index contributed by atoms with van der Waals surface area (Å²) >= 11 is 0. The molecular weight excluding hydrogens is 224 g/mol. The average Bonchev–Trinajstić information content (AvgIpc) is 2.41. The zero-order valence-electron chi connectivity index (χ0n) is 10.8. The van der Waals surface area contributed by atoms with E-state index in [0.29, 0.717) is 5.95 Å². The lowest BCUT2D eigenvalue weighted by molar-refractivity contribution is 1.03. The molecule has 0 fully saturated rings. The highest BCUT2D eigenvalue weighted by atomic mass is 15.1. The SMILES string of the molecule is CCNc1nc(Nc2ccccc2)ncc1CC. The van der Waals surface area contributed by atoms with E-state index in [1.165, 1.54) is 0 Å². The van der Waals surface area contributed by atoms with Gasteiger partial charge < -0.3 is 10.6 Å². The molecule has 1 aromatic carbocycles. The highest BCUT2D eigenvalue weighted by molar-refractivity contribution is 5.55. The fourth-order valence-corrected chi connectivity index (χ4v) is 1.70. The lowest BCUT2D eigenvalue weighted by Gasteiger charge is -2.10. The third-order valence-corrected chi connectivity index (χ3v) is 2.62. The van der Waals surface area contributed by atoms with Gasteiger partial charge in [-0.1, -0.05) is 25.1 Å². The molecule has 0 atom stereocenters. The Morgan fingerprint density at radius 2 is 1.89 bits per heavy atom. The van der Waals surface area contributed by atoms with Gasteiger partial charge in [-0.2, -0.15) is 4.98 Å². The van der Waals surface area contributed by atoms with Crippen molar-refractivity contribution in [3.05, 3.63) is 42.1 Å². The molecule has 4 heteroatoms. The summed E-state index contributed by atoms with van der Waals surface area (Å²) in [7, 11) is 0. The Labute approximate surface area is 107 Å². The van der Waals surface area contributed by atoms with E-state index in [0.717, 1.165) is 30.0 Å². The highest BCUT2D eigenvalue weighted by Gasteiger charge is 2.04. The van der Waals surface area contributed by atoms with Gasteiger partial charge in [0.1, 0.15) is 5.82 Å². The molecular formula is C14H18N4. The summed E-state index contributed by atoms with van der Waals surface area (Å²) in [6, 6.07) is 9.92. The molecule has 2 rings (SSSR count). The Kier molecular flexibility index (Phi) is 4.12. The minimum Gasteiger partial charge on any atom is -0.370 e. The first-order valence-corrected chi connectivity index (χ1v) is 6.25. The van der Waals surface area contributed by atoms with Crippen molar-refractivity contribution < 1.29 is 0 Å². The predicted molar refractivity (Wildman–Crippen MR) is 75.3 cm³/mol. The van der Waals surface area contributed by atoms with Crippen LogP contribution in [0, 0.1) is 0 Å². The van der Waals surface area contributed by atoms with Crippen LogP contribution in [0.4, 0.5) is 17.5 Å². The molecule has 18 heavy (non-hydrogen) atoms. The zero-order chi connectivity index (χ0) is 12.8. The summed E-state index contributed by atoms with van der Waals surface area (Å²) in [6.07, 6.45) is 2.80. The van der Waals surface area contributed by atoms with Gasteiger partial charge in [-0.25, -0.2) is 4.98 Å². The minimum atomic E-state index is 0.620. The van der Waals surface area contributed by atoms with Crippen molar-refractivity contribution in [3.63, 3.8) is 0 Å². The van der Waals surface area contributed by atoms with Gasteiger partial charge in [0.15, 0.2) is 0 Å². The van der Waals surface area contributed by atoms with Gasteiger partial charge in [-0.15, -0.1) is 0 Å². The number of hydrogen-bond donors (Lipinski definition) is 2. The number of para-hydroxylation sites is 1. The molecule has 0 saturated heterocycles. The monoisotopic (exact) mass is 242 g/mol. The van der Waals surface area contributed by atoms with Crippen molar-refractivity contribution in [2.45, 2.75) is 20.3 Å². The largest absolute Gasteiger partial charge is 0.370 e. The zero-order valence-corrected chi connectivity index (χ0v) is 10.8. The summed E-state index contributed by atoms with van der Waals surface area (Å²) in [6.45, 7) is 5.02. The maximum absolute atomic E-state index is 4.50. The fraction of sp³-hybridized carbons (Fsp3) is 0.286. The molecule has 0 unspecified atom stereocenters. The number of hydrogen-bond acceptors (Lipinski definition) is 4.